The van der Waals surface area contributed by atoms with Crippen LogP contribution in [-0.2, 0) is 0 Å². The first kappa shape index (κ1) is 10.9. The van der Waals surface area contributed by atoms with E-state index in [1.54, 1.807) is 7.11 Å². The molecule has 3 rings (SSSR count). The molecular formula is C12H9N3O2S. The second kappa shape index (κ2) is 4.23. The average Bonchev–Trinajstić information content (AvgIpc) is 2.95. The van der Waals surface area contributed by atoms with Crippen molar-refractivity contribution >= 4 is 22.4 Å². The van der Waals surface area contributed by atoms with Gasteiger partial charge in [-0.3, -0.25) is 4.79 Å². The fourth-order valence-electron chi connectivity index (χ4n) is 1.64. The molecule has 3 aromatic rings. The van der Waals surface area contributed by atoms with Crippen molar-refractivity contribution in [3.8, 4) is 5.75 Å². The zero-order valence-electron chi connectivity index (χ0n) is 9.53. The Morgan fingerprint density at radius 1 is 1.33 bits per heavy atom. The van der Waals surface area contributed by atoms with Gasteiger partial charge in [-0.1, -0.05) is 23.5 Å². The number of nitrogens with zero attached hydrogens (tertiary/aromatic N) is 3. The third kappa shape index (κ3) is 1.76. The van der Waals surface area contributed by atoms with Gasteiger partial charge in [0.2, 0.25) is 4.96 Å². The van der Waals surface area contributed by atoms with E-state index in [1.165, 1.54) is 22.1 Å². The molecule has 6 heteroatoms. The van der Waals surface area contributed by atoms with Gasteiger partial charge in [-0.05, 0) is 23.8 Å². The maximum atomic E-state index is 12.0. The second-order valence-corrected chi connectivity index (χ2v) is 4.68. The SMILES string of the molecule is COc1ccc(/C=c2\sc3nncn3c2=O)cc1. The Morgan fingerprint density at radius 2 is 2.11 bits per heavy atom. The molecule has 0 fully saturated rings. The molecule has 0 unspecified atom stereocenters. The van der Waals surface area contributed by atoms with Crippen molar-refractivity contribution < 1.29 is 4.74 Å². The Morgan fingerprint density at radius 3 is 2.78 bits per heavy atom. The molecule has 0 atom stereocenters. The van der Waals surface area contributed by atoms with Crippen molar-refractivity contribution in [2.75, 3.05) is 7.11 Å². The summed E-state index contributed by atoms with van der Waals surface area (Å²) in [7, 11) is 1.62. The van der Waals surface area contributed by atoms with E-state index in [2.05, 4.69) is 10.2 Å². The Hall–Kier alpha value is -2.21. The van der Waals surface area contributed by atoms with E-state index in [0.29, 0.717) is 9.49 Å². The Balaban J connectivity index is 2.12. The van der Waals surface area contributed by atoms with E-state index < -0.39 is 0 Å². The van der Waals surface area contributed by atoms with Crippen molar-refractivity contribution in [2.45, 2.75) is 0 Å². The number of ether oxygens (including phenoxy) is 1. The number of methoxy groups -OCH3 is 1. The third-order valence-electron chi connectivity index (χ3n) is 2.56. The topological polar surface area (TPSA) is 56.5 Å². The molecule has 0 saturated heterocycles. The fraction of sp³-hybridized carbons (Fsp3) is 0.0833. The van der Waals surface area contributed by atoms with Crippen molar-refractivity contribution in [1.82, 2.24) is 14.6 Å². The van der Waals surface area contributed by atoms with Crippen LogP contribution in [0, 0.1) is 0 Å². The second-order valence-electron chi connectivity index (χ2n) is 3.67. The molecule has 0 radical (unpaired) electrons. The number of hydrogen-bond donors (Lipinski definition) is 0. The molecule has 18 heavy (non-hydrogen) atoms. The predicted octanol–water partition coefficient (Wildman–Crippen LogP) is 0.707. The highest BCUT2D eigenvalue weighted by atomic mass is 32.1. The lowest BCUT2D eigenvalue weighted by atomic mass is 10.2. The zero-order chi connectivity index (χ0) is 12.5. The normalized spacial score (nSPS) is 12.2. The first-order valence-electron chi connectivity index (χ1n) is 5.26. The average molecular weight is 259 g/mol. The third-order valence-corrected chi connectivity index (χ3v) is 3.53. The molecule has 5 nitrogen and oxygen atoms in total. The highest BCUT2D eigenvalue weighted by Crippen LogP contribution is 2.11. The summed E-state index contributed by atoms with van der Waals surface area (Å²) in [5.74, 6) is 0.791. The largest absolute Gasteiger partial charge is 0.497 e. The number of rotatable bonds is 2. The molecule has 0 bridgehead atoms. The molecule has 0 spiro atoms. The van der Waals surface area contributed by atoms with Gasteiger partial charge in [-0.25, -0.2) is 4.40 Å². The van der Waals surface area contributed by atoms with Gasteiger partial charge in [0.25, 0.3) is 5.56 Å². The highest BCUT2D eigenvalue weighted by Gasteiger charge is 2.04. The van der Waals surface area contributed by atoms with E-state index >= 15 is 0 Å². The lowest BCUT2D eigenvalue weighted by Crippen LogP contribution is -2.22. The minimum absolute atomic E-state index is 0.0872. The maximum Gasteiger partial charge on any atom is 0.275 e. The molecule has 0 aliphatic heterocycles. The Bertz CT molecular complexity index is 789. The van der Waals surface area contributed by atoms with E-state index in [4.69, 9.17) is 4.74 Å². The van der Waals surface area contributed by atoms with Gasteiger partial charge in [-0.15, -0.1) is 10.2 Å². The van der Waals surface area contributed by atoms with Crippen LogP contribution in [0.2, 0.25) is 0 Å². The number of benzene rings is 1. The quantitative estimate of drug-likeness (QED) is 0.680. The van der Waals surface area contributed by atoms with Crippen molar-refractivity contribution in [3.05, 3.63) is 51.0 Å². The van der Waals surface area contributed by atoms with Crippen LogP contribution in [0.4, 0.5) is 0 Å². The molecular weight excluding hydrogens is 250 g/mol. The lowest BCUT2D eigenvalue weighted by molar-refractivity contribution is 0.415. The molecule has 0 amide bonds. The minimum atomic E-state index is -0.0872. The van der Waals surface area contributed by atoms with Crippen molar-refractivity contribution in [1.29, 1.82) is 0 Å². The monoisotopic (exact) mass is 259 g/mol. The van der Waals surface area contributed by atoms with Gasteiger partial charge in [0.05, 0.1) is 11.6 Å². The predicted molar refractivity (Wildman–Crippen MR) is 68.9 cm³/mol. The summed E-state index contributed by atoms with van der Waals surface area (Å²) in [4.78, 5) is 12.6. The van der Waals surface area contributed by atoms with Crippen LogP contribution >= 0.6 is 11.3 Å². The molecule has 1 aromatic carbocycles. The van der Waals surface area contributed by atoms with Crippen LogP contribution < -0.4 is 14.8 Å². The first-order valence-corrected chi connectivity index (χ1v) is 6.08. The summed E-state index contributed by atoms with van der Waals surface area (Å²) in [6.07, 6.45) is 3.26. The number of fused-ring (bicyclic) bond motifs is 1. The van der Waals surface area contributed by atoms with Crippen LogP contribution in [0.3, 0.4) is 0 Å². The summed E-state index contributed by atoms with van der Waals surface area (Å²) in [5, 5.41) is 7.55. The number of thiazole rings is 1. The summed E-state index contributed by atoms with van der Waals surface area (Å²) in [6.45, 7) is 0. The molecule has 0 aliphatic carbocycles. The Kier molecular flexibility index (Phi) is 2.56. The van der Waals surface area contributed by atoms with Crippen molar-refractivity contribution in [3.63, 3.8) is 0 Å². The summed E-state index contributed by atoms with van der Waals surface area (Å²) >= 11 is 1.33. The van der Waals surface area contributed by atoms with E-state index in [-0.39, 0.29) is 5.56 Å². The number of hydrogen-bond acceptors (Lipinski definition) is 5. The standard InChI is InChI=1S/C12H9N3O2S/c1-17-9-4-2-8(3-5-9)6-10-11(16)15-7-13-14-12(15)18-10/h2-7H,1H3/b10-6-. The van der Waals surface area contributed by atoms with Gasteiger partial charge < -0.3 is 4.74 Å². The number of aromatic nitrogens is 3. The smallest absolute Gasteiger partial charge is 0.275 e. The van der Waals surface area contributed by atoms with Crippen LogP contribution in [0.25, 0.3) is 11.0 Å². The van der Waals surface area contributed by atoms with Crippen LogP contribution in [0.1, 0.15) is 5.56 Å². The molecule has 0 aliphatic rings. The molecule has 90 valence electrons. The first-order chi connectivity index (χ1) is 8.78. The fourth-order valence-corrected chi connectivity index (χ4v) is 2.53. The van der Waals surface area contributed by atoms with E-state index in [1.807, 2.05) is 30.3 Å². The zero-order valence-corrected chi connectivity index (χ0v) is 10.3. The van der Waals surface area contributed by atoms with Gasteiger partial charge in [0, 0.05) is 0 Å². The van der Waals surface area contributed by atoms with Crippen LogP contribution in [0.15, 0.2) is 35.4 Å². The van der Waals surface area contributed by atoms with E-state index in [0.717, 1.165) is 11.3 Å². The minimum Gasteiger partial charge on any atom is -0.497 e. The van der Waals surface area contributed by atoms with Crippen molar-refractivity contribution in [2.24, 2.45) is 0 Å². The van der Waals surface area contributed by atoms with Crippen LogP contribution in [0.5, 0.6) is 5.75 Å². The van der Waals surface area contributed by atoms with Crippen LogP contribution in [-0.4, -0.2) is 21.7 Å². The molecule has 0 N–H and O–H groups in total. The van der Waals surface area contributed by atoms with Gasteiger partial charge in [0.1, 0.15) is 12.1 Å². The van der Waals surface area contributed by atoms with E-state index in [9.17, 15) is 4.79 Å². The Labute approximate surface area is 106 Å². The highest BCUT2D eigenvalue weighted by molar-refractivity contribution is 7.15. The molecule has 0 saturated carbocycles. The maximum absolute atomic E-state index is 12.0. The van der Waals surface area contributed by atoms with Gasteiger partial charge in [0.15, 0.2) is 0 Å². The van der Waals surface area contributed by atoms with Gasteiger partial charge in [-0.2, -0.15) is 0 Å². The summed E-state index contributed by atoms with van der Waals surface area (Å²) < 4.78 is 7.17. The summed E-state index contributed by atoms with van der Waals surface area (Å²) in [6, 6.07) is 7.52. The lowest BCUT2D eigenvalue weighted by Gasteiger charge is -1.98. The van der Waals surface area contributed by atoms with Gasteiger partial charge >= 0.3 is 0 Å². The molecule has 2 aromatic heterocycles. The summed E-state index contributed by atoms with van der Waals surface area (Å²) in [5.41, 5.74) is 0.862. The molecule has 2 heterocycles.